The molecular formula is C18H20FNO2. The van der Waals surface area contributed by atoms with Gasteiger partial charge in [0, 0.05) is 12.1 Å². The summed E-state index contributed by atoms with van der Waals surface area (Å²) in [4.78, 5) is 11.8. The smallest absolute Gasteiger partial charge is 0.224 e. The van der Waals surface area contributed by atoms with E-state index in [1.54, 1.807) is 19.2 Å². The van der Waals surface area contributed by atoms with E-state index in [1.165, 1.54) is 17.7 Å². The number of methoxy groups -OCH3 is 1. The molecule has 0 fully saturated rings. The third kappa shape index (κ3) is 4.58. The van der Waals surface area contributed by atoms with E-state index in [9.17, 15) is 9.18 Å². The first-order valence-electron chi connectivity index (χ1n) is 7.27. The van der Waals surface area contributed by atoms with E-state index in [4.69, 9.17) is 4.74 Å². The van der Waals surface area contributed by atoms with E-state index < -0.39 is 0 Å². The van der Waals surface area contributed by atoms with Crippen LogP contribution in [0.3, 0.4) is 0 Å². The van der Waals surface area contributed by atoms with E-state index in [0.29, 0.717) is 12.1 Å². The van der Waals surface area contributed by atoms with Gasteiger partial charge in [-0.05, 0) is 61.2 Å². The molecule has 0 bridgehead atoms. The van der Waals surface area contributed by atoms with Crippen LogP contribution in [0.1, 0.15) is 24.0 Å². The number of anilines is 1. The average molecular weight is 301 g/mol. The second kappa shape index (κ2) is 7.59. The van der Waals surface area contributed by atoms with Crippen LogP contribution < -0.4 is 10.1 Å². The lowest BCUT2D eigenvalue weighted by Gasteiger charge is -2.08. The second-order valence-corrected chi connectivity index (χ2v) is 5.21. The standard InChI is InChI=1S/C18H20FNO2/c1-13-12-14(6-11-17(13)22-2)4-3-5-18(21)20-16-9-7-15(19)8-10-16/h6-12H,3-5H2,1-2H3,(H,20,21). The molecule has 4 heteroatoms. The molecule has 0 saturated carbocycles. The maximum absolute atomic E-state index is 12.8. The fraction of sp³-hybridized carbons (Fsp3) is 0.278. The van der Waals surface area contributed by atoms with Crippen molar-refractivity contribution in [2.24, 2.45) is 0 Å². The molecule has 0 aromatic heterocycles. The van der Waals surface area contributed by atoms with Crippen molar-refractivity contribution < 1.29 is 13.9 Å². The normalized spacial score (nSPS) is 10.3. The van der Waals surface area contributed by atoms with E-state index in [-0.39, 0.29) is 11.7 Å². The minimum atomic E-state index is -0.312. The van der Waals surface area contributed by atoms with Crippen molar-refractivity contribution in [2.75, 3.05) is 12.4 Å². The van der Waals surface area contributed by atoms with Gasteiger partial charge in [-0.3, -0.25) is 4.79 Å². The molecular weight excluding hydrogens is 281 g/mol. The number of ether oxygens (including phenoxy) is 1. The van der Waals surface area contributed by atoms with Crippen LogP contribution in [-0.4, -0.2) is 13.0 Å². The summed E-state index contributed by atoms with van der Waals surface area (Å²) in [6, 6.07) is 11.8. The maximum Gasteiger partial charge on any atom is 0.224 e. The van der Waals surface area contributed by atoms with Gasteiger partial charge in [0.15, 0.2) is 0 Å². The van der Waals surface area contributed by atoms with Crippen LogP contribution in [0, 0.1) is 12.7 Å². The topological polar surface area (TPSA) is 38.3 Å². The molecule has 0 saturated heterocycles. The Morgan fingerprint density at radius 3 is 2.55 bits per heavy atom. The van der Waals surface area contributed by atoms with Gasteiger partial charge in [-0.25, -0.2) is 4.39 Å². The van der Waals surface area contributed by atoms with Gasteiger partial charge in [-0.1, -0.05) is 12.1 Å². The van der Waals surface area contributed by atoms with Crippen LogP contribution in [-0.2, 0) is 11.2 Å². The van der Waals surface area contributed by atoms with Crippen molar-refractivity contribution in [3.63, 3.8) is 0 Å². The first-order chi connectivity index (χ1) is 10.6. The van der Waals surface area contributed by atoms with E-state index in [1.807, 2.05) is 19.1 Å². The van der Waals surface area contributed by atoms with Crippen LogP contribution in [0.2, 0.25) is 0 Å². The third-order valence-electron chi connectivity index (χ3n) is 3.46. The minimum absolute atomic E-state index is 0.0585. The van der Waals surface area contributed by atoms with Crippen molar-refractivity contribution in [1.29, 1.82) is 0 Å². The molecule has 2 aromatic carbocycles. The lowest BCUT2D eigenvalue weighted by atomic mass is 10.0. The molecule has 0 radical (unpaired) electrons. The van der Waals surface area contributed by atoms with Gasteiger partial charge in [0.1, 0.15) is 11.6 Å². The predicted molar refractivity (Wildman–Crippen MR) is 85.7 cm³/mol. The van der Waals surface area contributed by atoms with Crippen molar-refractivity contribution in [3.8, 4) is 5.75 Å². The summed E-state index contributed by atoms with van der Waals surface area (Å²) in [5, 5.41) is 2.76. The lowest BCUT2D eigenvalue weighted by Crippen LogP contribution is -2.11. The minimum Gasteiger partial charge on any atom is -0.496 e. The first-order valence-corrected chi connectivity index (χ1v) is 7.27. The Morgan fingerprint density at radius 2 is 1.91 bits per heavy atom. The molecule has 0 aliphatic rings. The summed E-state index contributed by atoms with van der Waals surface area (Å²) in [6.07, 6.45) is 2.03. The Bertz CT molecular complexity index is 638. The molecule has 116 valence electrons. The van der Waals surface area contributed by atoms with Gasteiger partial charge in [0.05, 0.1) is 7.11 Å². The summed E-state index contributed by atoms with van der Waals surface area (Å²) in [5.74, 6) is 0.502. The molecule has 1 amide bonds. The van der Waals surface area contributed by atoms with Crippen molar-refractivity contribution in [1.82, 2.24) is 0 Å². The van der Waals surface area contributed by atoms with Gasteiger partial charge in [-0.15, -0.1) is 0 Å². The van der Waals surface area contributed by atoms with Crippen LogP contribution in [0.5, 0.6) is 5.75 Å². The van der Waals surface area contributed by atoms with Crippen LogP contribution in [0.4, 0.5) is 10.1 Å². The van der Waals surface area contributed by atoms with Gasteiger partial charge < -0.3 is 10.1 Å². The number of amides is 1. The fourth-order valence-corrected chi connectivity index (χ4v) is 2.31. The Kier molecular flexibility index (Phi) is 5.53. The molecule has 0 atom stereocenters. The number of carbonyl (C=O) groups excluding carboxylic acids is 1. The number of carbonyl (C=O) groups is 1. The fourth-order valence-electron chi connectivity index (χ4n) is 2.31. The Morgan fingerprint density at radius 1 is 1.18 bits per heavy atom. The van der Waals surface area contributed by atoms with Crippen molar-refractivity contribution >= 4 is 11.6 Å². The molecule has 22 heavy (non-hydrogen) atoms. The molecule has 1 N–H and O–H groups in total. The summed E-state index contributed by atoms with van der Waals surface area (Å²) in [7, 11) is 1.65. The quantitative estimate of drug-likeness (QED) is 0.872. The third-order valence-corrected chi connectivity index (χ3v) is 3.46. The molecule has 0 unspecified atom stereocenters. The SMILES string of the molecule is COc1ccc(CCCC(=O)Nc2ccc(F)cc2)cc1C. The second-order valence-electron chi connectivity index (χ2n) is 5.21. The first kappa shape index (κ1) is 16.0. The Balaban J connectivity index is 1.79. The Hall–Kier alpha value is -2.36. The number of halogens is 1. The molecule has 0 aliphatic heterocycles. The lowest BCUT2D eigenvalue weighted by molar-refractivity contribution is -0.116. The van der Waals surface area contributed by atoms with Crippen LogP contribution >= 0.6 is 0 Å². The average Bonchev–Trinajstić information content (AvgIpc) is 2.50. The van der Waals surface area contributed by atoms with E-state index >= 15 is 0 Å². The number of hydrogen-bond acceptors (Lipinski definition) is 2. The number of hydrogen-bond donors (Lipinski definition) is 1. The van der Waals surface area contributed by atoms with Gasteiger partial charge in [0.2, 0.25) is 5.91 Å². The predicted octanol–water partition coefficient (Wildman–Crippen LogP) is 4.10. The van der Waals surface area contributed by atoms with E-state index in [2.05, 4.69) is 11.4 Å². The number of nitrogens with one attached hydrogen (secondary N) is 1. The van der Waals surface area contributed by atoms with E-state index in [0.717, 1.165) is 24.2 Å². The molecule has 0 aliphatic carbocycles. The van der Waals surface area contributed by atoms with Crippen molar-refractivity contribution in [2.45, 2.75) is 26.2 Å². The van der Waals surface area contributed by atoms with Crippen molar-refractivity contribution in [3.05, 3.63) is 59.4 Å². The summed E-state index contributed by atoms with van der Waals surface area (Å²) >= 11 is 0. The maximum atomic E-state index is 12.8. The molecule has 2 rings (SSSR count). The number of benzene rings is 2. The van der Waals surface area contributed by atoms with Crippen LogP contribution in [0.15, 0.2) is 42.5 Å². The number of rotatable bonds is 6. The monoisotopic (exact) mass is 301 g/mol. The highest BCUT2D eigenvalue weighted by atomic mass is 19.1. The summed E-state index contributed by atoms with van der Waals surface area (Å²) in [6.45, 7) is 2.00. The number of aryl methyl sites for hydroxylation is 2. The highest BCUT2D eigenvalue weighted by Gasteiger charge is 2.04. The molecule has 0 spiro atoms. The Labute approximate surface area is 130 Å². The molecule has 2 aromatic rings. The zero-order chi connectivity index (χ0) is 15.9. The molecule has 0 heterocycles. The highest BCUT2D eigenvalue weighted by molar-refractivity contribution is 5.90. The zero-order valence-electron chi connectivity index (χ0n) is 12.9. The van der Waals surface area contributed by atoms with Gasteiger partial charge in [0.25, 0.3) is 0 Å². The van der Waals surface area contributed by atoms with Gasteiger partial charge >= 0.3 is 0 Å². The highest BCUT2D eigenvalue weighted by Crippen LogP contribution is 2.19. The zero-order valence-corrected chi connectivity index (χ0v) is 12.9. The largest absolute Gasteiger partial charge is 0.496 e. The summed E-state index contributed by atoms with van der Waals surface area (Å²) < 4.78 is 18.0. The molecule has 3 nitrogen and oxygen atoms in total. The van der Waals surface area contributed by atoms with Gasteiger partial charge in [-0.2, -0.15) is 0 Å². The summed E-state index contributed by atoms with van der Waals surface area (Å²) in [5.41, 5.74) is 2.90. The van der Waals surface area contributed by atoms with Crippen LogP contribution in [0.25, 0.3) is 0 Å².